The van der Waals surface area contributed by atoms with Crippen LogP contribution in [0.3, 0.4) is 0 Å². The normalized spacial score (nSPS) is 17.6. The van der Waals surface area contributed by atoms with Gasteiger partial charge >= 0.3 is 0 Å². The zero-order valence-corrected chi connectivity index (χ0v) is 19.1. The molecular weight excluding hydrogens is 428 g/mol. The summed E-state index contributed by atoms with van der Waals surface area (Å²) in [6.07, 6.45) is 7.93. The number of hydrogen-bond acceptors (Lipinski definition) is 5. The van der Waals surface area contributed by atoms with E-state index in [4.69, 9.17) is 4.42 Å². The van der Waals surface area contributed by atoms with Crippen molar-refractivity contribution >= 4 is 21.7 Å². The topological polar surface area (TPSA) is 87.9 Å². The summed E-state index contributed by atoms with van der Waals surface area (Å²) in [5, 5.41) is 0. The van der Waals surface area contributed by atoms with Gasteiger partial charge in [0, 0.05) is 38.2 Å². The van der Waals surface area contributed by atoms with Gasteiger partial charge in [0.1, 0.15) is 0 Å². The monoisotopic (exact) mass is 458 g/mol. The smallest absolute Gasteiger partial charge is 0.289 e. The van der Waals surface area contributed by atoms with Gasteiger partial charge in [-0.3, -0.25) is 9.59 Å². The molecule has 2 aromatic rings. The number of sulfone groups is 1. The van der Waals surface area contributed by atoms with Gasteiger partial charge in [0.05, 0.1) is 16.9 Å². The third-order valence-electron chi connectivity index (χ3n) is 6.55. The summed E-state index contributed by atoms with van der Waals surface area (Å²) in [6.45, 7) is 1.82. The van der Waals surface area contributed by atoms with Crippen molar-refractivity contribution < 1.29 is 22.4 Å². The maximum absolute atomic E-state index is 13.0. The molecule has 2 amide bonds. The van der Waals surface area contributed by atoms with Crippen LogP contribution in [0, 0.1) is 5.92 Å². The molecular formula is C24H30N2O5S. The molecule has 1 aliphatic carbocycles. The quantitative estimate of drug-likeness (QED) is 0.634. The maximum Gasteiger partial charge on any atom is 0.289 e. The van der Waals surface area contributed by atoms with Crippen molar-refractivity contribution in [1.82, 2.24) is 9.80 Å². The zero-order valence-electron chi connectivity index (χ0n) is 18.2. The molecule has 0 spiro atoms. The first-order chi connectivity index (χ1) is 15.4. The van der Waals surface area contributed by atoms with E-state index < -0.39 is 9.84 Å². The van der Waals surface area contributed by atoms with E-state index in [2.05, 4.69) is 0 Å². The second-order valence-electron chi connectivity index (χ2n) is 8.71. The lowest BCUT2D eigenvalue weighted by atomic mass is 10.0. The van der Waals surface area contributed by atoms with Crippen molar-refractivity contribution in [2.75, 3.05) is 26.2 Å². The van der Waals surface area contributed by atoms with Crippen LogP contribution in [0.4, 0.5) is 0 Å². The SMILES string of the molecule is O=C(CCC1CCCC1)N1CCN(C(=O)c2occc2CS(=O)(=O)c2ccccc2)CC1. The molecule has 172 valence electrons. The first kappa shape index (κ1) is 22.6. The number of hydrogen-bond donors (Lipinski definition) is 0. The molecule has 0 unspecified atom stereocenters. The van der Waals surface area contributed by atoms with E-state index in [0.29, 0.717) is 44.1 Å². The van der Waals surface area contributed by atoms with E-state index >= 15 is 0 Å². The first-order valence-corrected chi connectivity index (χ1v) is 13.0. The summed E-state index contributed by atoms with van der Waals surface area (Å²) in [5.74, 6) is 0.286. The number of furan rings is 1. The Hall–Kier alpha value is -2.61. The summed E-state index contributed by atoms with van der Waals surface area (Å²) in [6, 6.07) is 9.72. The minimum absolute atomic E-state index is 0.0607. The van der Waals surface area contributed by atoms with Crippen molar-refractivity contribution in [3.8, 4) is 0 Å². The van der Waals surface area contributed by atoms with Crippen LogP contribution in [0.15, 0.2) is 52.0 Å². The van der Waals surface area contributed by atoms with Gasteiger partial charge in [-0.1, -0.05) is 43.9 Å². The molecule has 8 heteroatoms. The van der Waals surface area contributed by atoms with Gasteiger partial charge in [-0.05, 0) is 30.5 Å². The van der Waals surface area contributed by atoms with Crippen LogP contribution in [-0.4, -0.2) is 56.2 Å². The maximum atomic E-state index is 13.0. The van der Waals surface area contributed by atoms with Crippen molar-refractivity contribution in [2.45, 2.75) is 49.2 Å². The highest BCUT2D eigenvalue weighted by atomic mass is 32.2. The molecule has 32 heavy (non-hydrogen) atoms. The minimum Gasteiger partial charge on any atom is -0.459 e. The largest absolute Gasteiger partial charge is 0.459 e. The molecule has 1 aromatic carbocycles. The van der Waals surface area contributed by atoms with Gasteiger partial charge in [-0.15, -0.1) is 0 Å². The predicted octanol–water partition coefficient (Wildman–Crippen LogP) is 3.51. The van der Waals surface area contributed by atoms with Gasteiger partial charge in [0.15, 0.2) is 15.6 Å². The average Bonchev–Trinajstić information content (AvgIpc) is 3.49. The fourth-order valence-corrected chi connectivity index (χ4v) is 6.02. The van der Waals surface area contributed by atoms with Gasteiger partial charge in [0.2, 0.25) is 5.91 Å². The second kappa shape index (κ2) is 9.90. The van der Waals surface area contributed by atoms with Crippen molar-refractivity contribution in [3.05, 3.63) is 54.0 Å². The van der Waals surface area contributed by atoms with E-state index in [9.17, 15) is 18.0 Å². The lowest BCUT2D eigenvalue weighted by Gasteiger charge is -2.34. The summed E-state index contributed by atoms with van der Waals surface area (Å²) < 4.78 is 30.8. The van der Waals surface area contributed by atoms with Crippen molar-refractivity contribution in [1.29, 1.82) is 0 Å². The molecule has 1 aromatic heterocycles. The zero-order chi connectivity index (χ0) is 22.6. The first-order valence-electron chi connectivity index (χ1n) is 11.4. The van der Waals surface area contributed by atoms with Gasteiger partial charge in [-0.25, -0.2) is 8.42 Å². The Bertz CT molecular complexity index is 1030. The Balaban J connectivity index is 1.33. The number of carbonyl (C=O) groups is 2. The summed E-state index contributed by atoms with van der Waals surface area (Å²) in [7, 11) is -3.59. The lowest BCUT2D eigenvalue weighted by molar-refractivity contribution is -0.133. The molecule has 7 nitrogen and oxygen atoms in total. The molecule has 2 aliphatic rings. The van der Waals surface area contributed by atoms with Crippen LogP contribution < -0.4 is 0 Å². The van der Waals surface area contributed by atoms with E-state index in [0.717, 1.165) is 6.42 Å². The standard InChI is InChI=1S/C24H30N2O5S/c27-22(11-10-19-6-4-5-7-19)25-13-15-26(16-14-25)24(28)23-20(12-17-31-23)18-32(29,30)21-8-2-1-3-9-21/h1-3,8-9,12,17,19H,4-7,10-11,13-16,18H2. The number of piperazine rings is 1. The fraction of sp³-hybridized carbons (Fsp3) is 0.500. The summed E-state index contributed by atoms with van der Waals surface area (Å²) in [4.78, 5) is 29.2. The van der Waals surface area contributed by atoms with E-state index in [-0.39, 0.29) is 28.2 Å². The Kier molecular flexibility index (Phi) is 6.98. The van der Waals surface area contributed by atoms with Crippen LogP contribution >= 0.6 is 0 Å². The summed E-state index contributed by atoms with van der Waals surface area (Å²) in [5.41, 5.74) is 0.355. The Morgan fingerprint density at radius 2 is 1.59 bits per heavy atom. The molecule has 0 radical (unpaired) electrons. The third-order valence-corrected chi connectivity index (χ3v) is 8.23. The second-order valence-corrected chi connectivity index (χ2v) is 10.7. The van der Waals surface area contributed by atoms with E-state index in [1.165, 1.54) is 38.0 Å². The fourth-order valence-electron chi connectivity index (χ4n) is 4.64. The van der Waals surface area contributed by atoms with Crippen LogP contribution in [-0.2, 0) is 20.4 Å². The summed E-state index contributed by atoms with van der Waals surface area (Å²) >= 11 is 0. The number of nitrogens with zero attached hydrogens (tertiary/aromatic N) is 2. The van der Waals surface area contributed by atoms with E-state index in [1.54, 1.807) is 35.2 Å². The Morgan fingerprint density at radius 1 is 0.938 bits per heavy atom. The molecule has 1 saturated carbocycles. The predicted molar refractivity (Wildman–Crippen MR) is 120 cm³/mol. The molecule has 0 N–H and O–H groups in total. The highest BCUT2D eigenvalue weighted by molar-refractivity contribution is 7.90. The average molecular weight is 459 g/mol. The van der Waals surface area contributed by atoms with Crippen LogP contribution in [0.25, 0.3) is 0 Å². The molecule has 2 heterocycles. The van der Waals surface area contributed by atoms with Crippen LogP contribution in [0.2, 0.25) is 0 Å². The van der Waals surface area contributed by atoms with E-state index in [1.807, 2.05) is 4.90 Å². The van der Waals surface area contributed by atoms with Crippen LogP contribution in [0.1, 0.15) is 54.6 Å². The number of rotatable bonds is 7. The molecule has 1 saturated heterocycles. The van der Waals surface area contributed by atoms with Crippen molar-refractivity contribution in [2.24, 2.45) is 5.92 Å². The molecule has 1 aliphatic heterocycles. The minimum atomic E-state index is -3.59. The Labute approximate surface area is 189 Å². The molecule has 0 atom stereocenters. The highest BCUT2D eigenvalue weighted by Gasteiger charge is 2.29. The highest BCUT2D eigenvalue weighted by Crippen LogP contribution is 2.29. The molecule has 0 bridgehead atoms. The Morgan fingerprint density at radius 3 is 2.28 bits per heavy atom. The molecule has 4 rings (SSSR count). The van der Waals surface area contributed by atoms with Crippen LogP contribution in [0.5, 0.6) is 0 Å². The third kappa shape index (κ3) is 5.23. The van der Waals surface area contributed by atoms with Gasteiger partial charge in [-0.2, -0.15) is 0 Å². The number of benzene rings is 1. The number of amides is 2. The number of carbonyl (C=O) groups excluding carboxylic acids is 2. The van der Waals surface area contributed by atoms with Gasteiger partial charge < -0.3 is 14.2 Å². The van der Waals surface area contributed by atoms with Gasteiger partial charge in [0.25, 0.3) is 5.91 Å². The lowest BCUT2D eigenvalue weighted by Crippen LogP contribution is -2.50. The van der Waals surface area contributed by atoms with Crippen molar-refractivity contribution in [3.63, 3.8) is 0 Å². The molecule has 2 fully saturated rings.